The highest BCUT2D eigenvalue weighted by Crippen LogP contribution is 2.33. The summed E-state index contributed by atoms with van der Waals surface area (Å²) in [5.74, 6) is 0.383. The summed E-state index contributed by atoms with van der Waals surface area (Å²) in [4.78, 5) is 10.5. The lowest BCUT2D eigenvalue weighted by Crippen LogP contribution is -1.97. The van der Waals surface area contributed by atoms with Crippen molar-refractivity contribution in [3.63, 3.8) is 0 Å². The van der Waals surface area contributed by atoms with E-state index in [0.29, 0.717) is 12.5 Å². The first-order valence-corrected chi connectivity index (χ1v) is 10.4. The van der Waals surface area contributed by atoms with Gasteiger partial charge in [0.1, 0.15) is 6.61 Å². The number of carbonyl (C=O) groups excluding carboxylic acids is 1. The van der Waals surface area contributed by atoms with E-state index in [0.717, 1.165) is 12.8 Å². The molecule has 3 heteroatoms. The van der Waals surface area contributed by atoms with Gasteiger partial charge in [0, 0.05) is 16.4 Å². The van der Waals surface area contributed by atoms with Crippen LogP contribution in [-0.2, 0) is 22.4 Å². The summed E-state index contributed by atoms with van der Waals surface area (Å²) < 4.78 is 6.09. The Morgan fingerprint density at radius 3 is 2.67 bits per heavy atom. The Kier molecular flexibility index (Phi) is 9.32. The van der Waals surface area contributed by atoms with E-state index in [4.69, 9.17) is 4.74 Å². The molecule has 3 rings (SSSR count). The van der Waals surface area contributed by atoms with Crippen LogP contribution in [0, 0.1) is 3.57 Å². The van der Waals surface area contributed by atoms with Crippen LogP contribution in [0.5, 0.6) is 0 Å². The number of esters is 1. The first-order valence-electron chi connectivity index (χ1n) is 9.34. The molecule has 0 N–H and O–H groups in total. The van der Waals surface area contributed by atoms with E-state index in [1.807, 2.05) is 18.2 Å². The standard InChI is InChI=1S/C13H15IO2.C11H12/c1-11(15)16-10-6-2-3-7-12-8-4-5-9-13(12)14;1-2-9-7-8-10-5-3-4-6-11(9)10/h2,4-6,8-9H,3,7,10H2,1H3;2-6,9H,1,7-8H2/b6-2-;. The molecule has 27 heavy (non-hydrogen) atoms. The smallest absolute Gasteiger partial charge is 0.302 e. The lowest BCUT2D eigenvalue weighted by Gasteiger charge is -2.03. The average molecular weight is 474 g/mol. The van der Waals surface area contributed by atoms with Gasteiger partial charge in [0.05, 0.1) is 0 Å². The second-order valence-corrected chi connectivity index (χ2v) is 7.65. The Bertz CT molecular complexity index is 779. The van der Waals surface area contributed by atoms with Gasteiger partial charge in [-0.3, -0.25) is 4.79 Å². The van der Waals surface area contributed by atoms with E-state index in [1.54, 1.807) is 0 Å². The summed E-state index contributed by atoms with van der Waals surface area (Å²) in [6.45, 7) is 5.63. The minimum absolute atomic E-state index is 0.234. The van der Waals surface area contributed by atoms with Crippen molar-refractivity contribution in [2.45, 2.75) is 38.5 Å². The van der Waals surface area contributed by atoms with Gasteiger partial charge in [-0.05, 0) is 71.0 Å². The number of fused-ring (bicyclic) bond motifs is 1. The van der Waals surface area contributed by atoms with Crippen molar-refractivity contribution in [1.82, 2.24) is 0 Å². The Morgan fingerprint density at radius 1 is 1.19 bits per heavy atom. The summed E-state index contributed by atoms with van der Waals surface area (Å²) in [6.07, 6.45) is 10.5. The van der Waals surface area contributed by atoms with Gasteiger partial charge in [-0.1, -0.05) is 60.7 Å². The number of carbonyl (C=O) groups is 1. The molecule has 0 radical (unpaired) electrons. The highest BCUT2D eigenvalue weighted by molar-refractivity contribution is 14.1. The molecular weight excluding hydrogens is 447 g/mol. The Balaban J connectivity index is 0.000000206. The average Bonchev–Trinajstić information content (AvgIpc) is 3.09. The summed E-state index contributed by atoms with van der Waals surface area (Å²) in [7, 11) is 0. The van der Waals surface area contributed by atoms with Crippen molar-refractivity contribution in [3.05, 3.63) is 93.6 Å². The molecule has 0 amide bonds. The maximum Gasteiger partial charge on any atom is 0.302 e. The fourth-order valence-electron chi connectivity index (χ4n) is 3.13. The number of halogens is 1. The highest BCUT2D eigenvalue weighted by atomic mass is 127. The van der Waals surface area contributed by atoms with E-state index in [1.165, 1.54) is 40.0 Å². The molecule has 1 unspecified atom stereocenters. The van der Waals surface area contributed by atoms with Gasteiger partial charge in [0.15, 0.2) is 0 Å². The molecule has 1 aliphatic rings. The van der Waals surface area contributed by atoms with Gasteiger partial charge in [0.25, 0.3) is 0 Å². The number of rotatable bonds is 6. The molecule has 0 saturated heterocycles. The van der Waals surface area contributed by atoms with E-state index in [-0.39, 0.29) is 5.97 Å². The monoisotopic (exact) mass is 474 g/mol. The number of hydrogen-bond donors (Lipinski definition) is 0. The maximum atomic E-state index is 10.5. The molecule has 1 aliphatic carbocycles. The molecule has 2 aromatic carbocycles. The minimum atomic E-state index is -0.234. The number of benzene rings is 2. The van der Waals surface area contributed by atoms with E-state index in [9.17, 15) is 4.79 Å². The van der Waals surface area contributed by atoms with Gasteiger partial charge in [-0.2, -0.15) is 0 Å². The number of allylic oxidation sites excluding steroid dienone is 2. The van der Waals surface area contributed by atoms with Crippen LogP contribution < -0.4 is 0 Å². The highest BCUT2D eigenvalue weighted by Gasteiger charge is 2.18. The third-order valence-corrected chi connectivity index (χ3v) is 5.60. The van der Waals surface area contributed by atoms with Crippen molar-refractivity contribution in [3.8, 4) is 0 Å². The molecule has 0 aliphatic heterocycles. The van der Waals surface area contributed by atoms with Gasteiger partial charge < -0.3 is 4.74 Å². The molecule has 0 spiro atoms. The van der Waals surface area contributed by atoms with Crippen LogP contribution >= 0.6 is 22.6 Å². The fourth-order valence-corrected chi connectivity index (χ4v) is 3.78. The first kappa shape index (κ1) is 21.4. The van der Waals surface area contributed by atoms with Crippen LogP contribution in [0.3, 0.4) is 0 Å². The molecule has 1 atom stereocenters. The fraction of sp³-hybridized carbons (Fsp3) is 0.292. The van der Waals surface area contributed by atoms with Crippen LogP contribution in [0.15, 0.2) is 73.3 Å². The normalized spacial score (nSPS) is 15.0. The molecule has 142 valence electrons. The zero-order valence-electron chi connectivity index (χ0n) is 15.9. The summed E-state index contributed by atoms with van der Waals surface area (Å²) in [5.41, 5.74) is 4.36. The lowest BCUT2D eigenvalue weighted by molar-refractivity contribution is -0.139. The summed E-state index contributed by atoms with van der Waals surface area (Å²) >= 11 is 2.34. The molecule has 0 fully saturated rings. The second-order valence-electron chi connectivity index (χ2n) is 6.48. The number of ether oxygens (including phenoxy) is 1. The van der Waals surface area contributed by atoms with Crippen LogP contribution in [0.1, 0.15) is 42.4 Å². The third kappa shape index (κ3) is 7.33. The van der Waals surface area contributed by atoms with Gasteiger partial charge in [-0.15, -0.1) is 6.58 Å². The molecular formula is C24H27IO2. The minimum Gasteiger partial charge on any atom is -0.462 e. The van der Waals surface area contributed by atoms with E-state index < -0.39 is 0 Å². The summed E-state index contributed by atoms with van der Waals surface area (Å²) in [5, 5.41) is 0. The predicted octanol–water partition coefficient (Wildman–Crippen LogP) is 6.25. The Labute approximate surface area is 176 Å². The molecule has 2 aromatic rings. The Hall–Kier alpha value is -1.88. The van der Waals surface area contributed by atoms with Gasteiger partial charge in [0.2, 0.25) is 0 Å². The molecule has 0 aromatic heterocycles. The topological polar surface area (TPSA) is 26.3 Å². The van der Waals surface area contributed by atoms with Crippen molar-refractivity contribution >= 4 is 28.6 Å². The van der Waals surface area contributed by atoms with Crippen LogP contribution in [-0.4, -0.2) is 12.6 Å². The molecule has 2 nitrogen and oxygen atoms in total. The van der Waals surface area contributed by atoms with Crippen molar-refractivity contribution in [1.29, 1.82) is 0 Å². The zero-order valence-corrected chi connectivity index (χ0v) is 18.0. The van der Waals surface area contributed by atoms with E-state index >= 15 is 0 Å². The van der Waals surface area contributed by atoms with Crippen LogP contribution in [0.2, 0.25) is 0 Å². The van der Waals surface area contributed by atoms with E-state index in [2.05, 4.69) is 77.7 Å². The van der Waals surface area contributed by atoms with Crippen LogP contribution in [0.25, 0.3) is 0 Å². The maximum absolute atomic E-state index is 10.5. The third-order valence-electron chi connectivity index (χ3n) is 4.55. The quantitative estimate of drug-likeness (QED) is 0.281. The van der Waals surface area contributed by atoms with Crippen molar-refractivity contribution in [2.24, 2.45) is 0 Å². The SMILES string of the molecule is C=CC1CCc2ccccc21.CC(=O)OC/C=C\CCc1ccccc1I. The predicted molar refractivity (Wildman–Crippen MR) is 121 cm³/mol. The number of aryl methyl sites for hydroxylation is 2. The van der Waals surface area contributed by atoms with Crippen molar-refractivity contribution < 1.29 is 9.53 Å². The largest absolute Gasteiger partial charge is 0.462 e. The Morgan fingerprint density at radius 2 is 1.93 bits per heavy atom. The van der Waals surface area contributed by atoms with Gasteiger partial charge in [-0.25, -0.2) is 0 Å². The van der Waals surface area contributed by atoms with Gasteiger partial charge >= 0.3 is 5.97 Å². The lowest BCUT2D eigenvalue weighted by atomic mass is 10.0. The zero-order chi connectivity index (χ0) is 19.5. The van der Waals surface area contributed by atoms with Crippen molar-refractivity contribution in [2.75, 3.05) is 6.61 Å². The summed E-state index contributed by atoms with van der Waals surface area (Å²) in [6, 6.07) is 17.0. The first-order chi connectivity index (χ1) is 13.1. The number of hydrogen-bond acceptors (Lipinski definition) is 2. The molecule has 0 heterocycles. The molecule has 0 bridgehead atoms. The van der Waals surface area contributed by atoms with Crippen LogP contribution in [0.4, 0.5) is 0 Å². The molecule has 0 saturated carbocycles. The second kappa shape index (κ2) is 11.8.